The molecule has 0 fully saturated rings. The lowest BCUT2D eigenvalue weighted by atomic mass is 10.1. The van der Waals surface area contributed by atoms with Crippen LogP contribution in [-0.4, -0.2) is 36.1 Å². The molecule has 1 aromatic heterocycles. The Morgan fingerprint density at radius 2 is 1.95 bits per heavy atom. The van der Waals surface area contributed by atoms with Gasteiger partial charge in [-0.2, -0.15) is 0 Å². The van der Waals surface area contributed by atoms with Crippen LogP contribution < -0.4 is 5.32 Å². The largest absolute Gasteiger partial charge is 0.463 e. The van der Waals surface area contributed by atoms with Gasteiger partial charge in [0.2, 0.25) is 6.23 Å². The second kappa shape index (κ2) is 7.35. The maximum Gasteiger partial charge on any atom is 0.356 e. The Balaban J connectivity index is 2.07. The van der Waals surface area contributed by atoms with Crippen LogP contribution in [-0.2, 0) is 14.3 Å². The van der Waals surface area contributed by atoms with Gasteiger partial charge >= 0.3 is 5.97 Å². The predicted molar refractivity (Wildman–Crippen MR) is 78.5 cm³/mol. The molecule has 0 aliphatic rings. The first-order valence-electron chi connectivity index (χ1n) is 6.59. The fourth-order valence-electron chi connectivity index (χ4n) is 1.74. The Morgan fingerprint density at radius 3 is 2.52 bits per heavy atom. The van der Waals surface area contributed by atoms with Gasteiger partial charge in [-0.15, -0.1) is 10.2 Å². The average molecular weight is 287 g/mol. The van der Waals surface area contributed by atoms with E-state index in [1.165, 1.54) is 7.11 Å². The summed E-state index contributed by atoms with van der Waals surface area (Å²) in [5.74, 6) is -0.0523. The molecular formula is C15H17N3O3. The Labute approximate surface area is 123 Å². The van der Waals surface area contributed by atoms with E-state index in [-0.39, 0.29) is 0 Å². The first kappa shape index (κ1) is 14.9. The third kappa shape index (κ3) is 4.00. The molecule has 1 aromatic carbocycles. The van der Waals surface area contributed by atoms with Crippen LogP contribution >= 0.6 is 0 Å². The first-order valence-corrected chi connectivity index (χ1v) is 6.59. The molecular weight excluding hydrogens is 270 g/mol. The molecule has 0 amide bonds. The number of benzene rings is 1. The molecule has 110 valence electrons. The third-order valence-electron chi connectivity index (χ3n) is 2.75. The van der Waals surface area contributed by atoms with Gasteiger partial charge in [-0.1, -0.05) is 30.3 Å². The molecule has 2 aromatic rings. The molecule has 6 nitrogen and oxygen atoms in total. The van der Waals surface area contributed by atoms with Crippen LogP contribution in [0.15, 0.2) is 42.5 Å². The number of carbonyl (C=O) groups is 1. The number of aromatic nitrogens is 2. The van der Waals surface area contributed by atoms with Crippen LogP contribution in [0.5, 0.6) is 0 Å². The molecule has 0 saturated heterocycles. The van der Waals surface area contributed by atoms with Crippen molar-refractivity contribution in [2.75, 3.05) is 19.0 Å². The van der Waals surface area contributed by atoms with Gasteiger partial charge in [-0.25, -0.2) is 4.79 Å². The Kier molecular flexibility index (Phi) is 5.22. The van der Waals surface area contributed by atoms with Gasteiger partial charge in [-0.05, 0) is 19.1 Å². The van der Waals surface area contributed by atoms with Crippen molar-refractivity contribution in [3.05, 3.63) is 42.5 Å². The number of ether oxygens (including phenoxy) is 2. The van der Waals surface area contributed by atoms with E-state index in [9.17, 15) is 4.79 Å². The molecule has 21 heavy (non-hydrogen) atoms. The smallest absolute Gasteiger partial charge is 0.356 e. The summed E-state index contributed by atoms with van der Waals surface area (Å²) in [6.45, 7) is 2.03. The summed E-state index contributed by atoms with van der Waals surface area (Å²) in [6, 6.07) is 13.3. The van der Waals surface area contributed by atoms with Gasteiger partial charge in [0.05, 0.1) is 12.3 Å². The second-order valence-corrected chi connectivity index (χ2v) is 4.18. The highest BCUT2D eigenvalue weighted by Crippen LogP contribution is 2.16. The van der Waals surface area contributed by atoms with Crippen molar-refractivity contribution in [2.24, 2.45) is 0 Å². The Hall–Kier alpha value is -2.47. The number of nitrogens with one attached hydrogen (secondary N) is 1. The van der Waals surface area contributed by atoms with Gasteiger partial charge in [0.1, 0.15) is 0 Å². The van der Waals surface area contributed by atoms with Crippen LogP contribution in [0.4, 0.5) is 5.82 Å². The van der Waals surface area contributed by atoms with Gasteiger partial charge in [0.25, 0.3) is 0 Å². The number of nitrogens with zero attached hydrogens (tertiary/aromatic N) is 2. The summed E-state index contributed by atoms with van der Waals surface area (Å²) >= 11 is 0. The minimum absolute atomic E-state index is 0.291. The van der Waals surface area contributed by atoms with Crippen LogP contribution in [0, 0.1) is 0 Å². The van der Waals surface area contributed by atoms with E-state index in [4.69, 9.17) is 9.47 Å². The quantitative estimate of drug-likeness (QED) is 0.648. The number of rotatable bonds is 6. The van der Waals surface area contributed by atoms with Crippen molar-refractivity contribution < 1.29 is 14.3 Å². The van der Waals surface area contributed by atoms with Crippen molar-refractivity contribution in [3.8, 4) is 11.3 Å². The van der Waals surface area contributed by atoms with Crippen LogP contribution in [0.1, 0.15) is 6.92 Å². The summed E-state index contributed by atoms with van der Waals surface area (Å²) < 4.78 is 9.92. The fraction of sp³-hybridized carbons (Fsp3) is 0.267. The fourth-order valence-corrected chi connectivity index (χ4v) is 1.74. The van der Waals surface area contributed by atoms with Crippen molar-refractivity contribution >= 4 is 11.8 Å². The maximum absolute atomic E-state index is 11.6. The highest BCUT2D eigenvalue weighted by atomic mass is 16.6. The molecule has 0 spiro atoms. The molecule has 0 aliphatic heterocycles. The molecule has 0 radical (unpaired) electrons. The van der Waals surface area contributed by atoms with Crippen LogP contribution in [0.3, 0.4) is 0 Å². The van der Waals surface area contributed by atoms with E-state index < -0.39 is 12.2 Å². The number of methoxy groups -OCH3 is 1. The summed E-state index contributed by atoms with van der Waals surface area (Å²) in [5.41, 5.74) is 1.73. The number of esters is 1. The zero-order chi connectivity index (χ0) is 15.1. The van der Waals surface area contributed by atoms with Crippen molar-refractivity contribution in [2.45, 2.75) is 13.2 Å². The minimum atomic E-state index is -0.901. The minimum Gasteiger partial charge on any atom is -0.463 e. The highest BCUT2D eigenvalue weighted by Gasteiger charge is 2.19. The summed E-state index contributed by atoms with van der Waals surface area (Å²) in [7, 11) is 1.42. The number of anilines is 1. The monoisotopic (exact) mass is 287 g/mol. The maximum atomic E-state index is 11.6. The van der Waals surface area contributed by atoms with Gasteiger partial charge < -0.3 is 14.8 Å². The van der Waals surface area contributed by atoms with Crippen molar-refractivity contribution in [1.29, 1.82) is 0 Å². The van der Waals surface area contributed by atoms with Crippen molar-refractivity contribution in [3.63, 3.8) is 0 Å². The molecule has 0 saturated carbocycles. The molecule has 2 rings (SSSR count). The highest BCUT2D eigenvalue weighted by molar-refractivity contribution is 5.77. The normalized spacial score (nSPS) is 11.7. The third-order valence-corrected chi connectivity index (χ3v) is 2.75. The number of hydrogen-bond acceptors (Lipinski definition) is 6. The van der Waals surface area contributed by atoms with Crippen LogP contribution in [0.2, 0.25) is 0 Å². The van der Waals surface area contributed by atoms with Gasteiger partial charge in [0.15, 0.2) is 5.82 Å². The Morgan fingerprint density at radius 1 is 1.19 bits per heavy atom. The lowest BCUT2D eigenvalue weighted by Crippen LogP contribution is -2.33. The van der Waals surface area contributed by atoms with E-state index in [1.807, 2.05) is 36.4 Å². The predicted octanol–water partition coefficient (Wildman–Crippen LogP) is 2.09. The Bertz CT molecular complexity index is 572. The molecule has 1 unspecified atom stereocenters. The van der Waals surface area contributed by atoms with Crippen molar-refractivity contribution in [1.82, 2.24) is 10.2 Å². The first-order chi connectivity index (χ1) is 10.2. The standard InChI is InChI=1S/C15H17N3O3/c1-3-21-15(19)14(20-2)16-13-10-9-12(17-18-13)11-7-5-4-6-8-11/h4-10,14H,3H2,1-2H3,(H,16,18). The summed E-state index contributed by atoms with van der Waals surface area (Å²) in [4.78, 5) is 11.6. The van der Waals surface area contributed by atoms with E-state index >= 15 is 0 Å². The van der Waals surface area contributed by atoms with Crippen LogP contribution in [0.25, 0.3) is 11.3 Å². The molecule has 0 aliphatic carbocycles. The zero-order valence-electron chi connectivity index (χ0n) is 11.9. The molecule has 0 bridgehead atoms. The second-order valence-electron chi connectivity index (χ2n) is 4.18. The lowest BCUT2D eigenvalue weighted by Gasteiger charge is -2.15. The number of carbonyl (C=O) groups excluding carboxylic acids is 1. The average Bonchev–Trinajstić information content (AvgIpc) is 2.54. The molecule has 1 atom stereocenters. The van der Waals surface area contributed by atoms with E-state index in [2.05, 4.69) is 15.5 Å². The van der Waals surface area contributed by atoms with E-state index in [1.54, 1.807) is 13.0 Å². The van der Waals surface area contributed by atoms with Gasteiger partial charge in [0, 0.05) is 12.7 Å². The zero-order valence-corrected chi connectivity index (χ0v) is 11.9. The SMILES string of the molecule is CCOC(=O)C(Nc1ccc(-c2ccccc2)nn1)OC. The summed E-state index contributed by atoms with van der Waals surface area (Å²) in [5, 5.41) is 11.0. The van der Waals surface area contributed by atoms with Gasteiger partial charge in [-0.3, -0.25) is 0 Å². The van der Waals surface area contributed by atoms with E-state index in [0.717, 1.165) is 11.3 Å². The topological polar surface area (TPSA) is 73.3 Å². The molecule has 1 N–H and O–H groups in total. The molecule has 6 heteroatoms. The molecule has 1 heterocycles. The lowest BCUT2D eigenvalue weighted by molar-refractivity contribution is -0.153. The van der Waals surface area contributed by atoms with E-state index in [0.29, 0.717) is 12.4 Å². The summed E-state index contributed by atoms with van der Waals surface area (Å²) in [6.07, 6.45) is -0.901. The number of hydrogen-bond donors (Lipinski definition) is 1.